The first-order chi connectivity index (χ1) is 15.8. The molecule has 6 nitrogen and oxygen atoms in total. The molecule has 4 rings (SSSR count). The molecule has 1 aliphatic heterocycles. The van der Waals surface area contributed by atoms with E-state index in [-0.39, 0.29) is 28.4 Å². The van der Waals surface area contributed by atoms with Crippen molar-refractivity contribution in [3.63, 3.8) is 0 Å². The number of piperidine rings is 1. The number of halogens is 3. The fraction of sp³-hybridized carbons (Fsp3) is 0.292. The second-order valence-electron chi connectivity index (χ2n) is 7.85. The van der Waals surface area contributed by atoms with E-state index < -0.39 is 17.2 Å². The lowest BCUT2D eigenvalue weighted by atomic mass is 10.1. The van der Waals surface area contributed by atoms with Gasteiger partial charge in [-0.15, -0.1) is 0 Å². The molecular weight excluding hydrogens is 496 g/mol. The highest BCUT2D eigenvalue weighted by Gasteiger charge is 2.20. The minimum absolute atomic E-state index is 0.00183. The predicted molar refractivity (Wildman–Crippen MR) is 123 cm³/mol. The van der Waals surface area contributed by atoms with Crippen LogP contribution in [0.15, 0.2) is 51.7 Å². The lowest BCUT2D eigenvalue weighted by Gasteiger charge is -2.27. The monoisotopic (exact) mass is 517 g/mol. The average molecular weight is 518 g/mol. The molecule has 172 valence electrons. The molecule has 0 bridgehead atoms. The number of nitrogens with zero attached hydrogens (tertiary/aromatic N) is 3. The summed E-state index contributed by atoms with van der Waals surface area (Å²) in [5.41, 5.74) is 0.712. The van der Waals surface area contributed by atoms with Crippen molar-refractivity contribution in [2.24, 2.45) is 0 Å². The van der Waals surface area contributed by atoms with Crippen LogP contribution in [-0.4, -0.2) is 33.4 Å². The molecule has 1 fully saturated rings. The van der Waals surface area contributed by atoms with Gasteiger partial charge in [-0.3, -0.25) is 14.2 Å². The number of benzene rings is 2. The summed E-state index contributed by atoms with van der Waals surface area (Å²) in [5.74, 6) is -1.16. The maximum Gasteiger partial charge on any atom is 0.276 e. The number of ether oxygens (including phenoxy) is 1. The molecular formula is C24H22BrF2N3O3. The number of hydrogen-bond donors (Lipinski definition) is 0. The first-order valence-corrected chi connectivity index (χ1v) is 11.4. The van der Waals surface area contributed by atoms with Crippen LogP contribution in [-0.2, 0) is 6.61 Å². The van der Waals surface area contributed by atoms with Gasteiger partial charge in [0.05, 0.1) is 5.69 Å². The van der Waals surface area contributed by atoms with Gasteiger partial charge in [-0.25, -0.2) is 8.78 Å². The summed E-state index contributed by atoms with van der Waals surface area (Å²) < 4.78 is 34.0. The first-order valence-electron chi connectivity index (χ1n) is 10.6. The third kappa shape index (κ3) is 4.98. The highest BCUT2D eigenvalue weighted by molar-refractivity contribution is 9.10. The number of hydrogen-bond acceptors (Lipinski definition) is 4. The number of rotatable bonds is 5. The number of aromatic nitrogens is 2. The SMILES string of the molecule is Cc1nc(OCc2ccc(F)cc2F)c(Br)c(=O)n1-c1cccc(C(=O)N2CCCCC2)c1. The van der Waals surface area contributed by atoms with Gasteiger partial charge in [-0.1, -0.05) is 6.07 Å². The van der Waals surface area contributed by atoms with Crippen molar-refractivity contribution in [3.05, 3.63) is 85.9 Å². The van der Waals surface area contributed by atoms with Crippen molar-refractivity contribution < 1.29 is 18.3 Å². The largest absolute Gasteiger partial charge is 0.472 e. The highest BCUT2D eigenvalue weighted by Crippen LogP contribution is 2.23. The van der Waals surface area contributed by atoms with E-state index in [1.54, 1.807) is 31.2 Å². The van der Waals surface area contributed by atoms with Crippen LogP contribution >= 0.6 is 15.9 Å². The van der Waals surface area contributed by atoms with Gasteiger partial charge in [0, 0.05) is 30.3 Å². The maximum atomic E-state index is 13.9. The zero-order valence-electron chi connectivity index (χ0n) is 18.0. The van der Waals surface area contributed by atoms with Crippen LogP contribution in [0.1, 0.15) is 41.0 Å². The summed E-state index contributed by atoms with van der Waals surface area (Å²) in [6.45, 7) is 2.88. The maximum absolute atomic E-state index is 13.9. The van der Waals surface area contributed by atoms with Crippen LogP contribution < -0.4 is 10.3 Å². The van der Waals surface area contributed by atoms with E-state index in [4.69, 9.17) is 4.74 Å². The smallest absolute Gasteiger partial charge is 0.276 e. The van der Waals surface area contributed by atoms with E-state index in [0.29, 0.717) is 17.1 Å². The van der Waals surface area contributed by atoms with Gasteiger partial charge in [0.25, 0.3) is 11.5 Å². The fourth-order valence-electron chi connectivity index (χ4n) is 3.82. The molecule has 9 heteroatoms. The molecule has 0 saturated carbocycles. The number of carbonyl (C=O) groups excluding carboxylic acids is 1. The normalized spacial score (nSPS) is 13.8. The first kappa shape index (κ1) is 23.1. The third-order valence-electron chi connectivity index (χ3n) is 5.54. The van der Waals surface area contributed by atoms with Crippen molar-refractivity contribution in [1.29, 1.82) is 0 Å². The van der Waals surface area contributed by atoms with E-state index in [2.05, 4.69) is 20.9 Å². The summed E-state index contributed by atoms with van der Waals surface area (Å²) in [6, 6.07) is 10.0. The van der Waals surface area contributed by atoms with Gasteiger partial charge in [-0.05, 0) is 72.4 Å². The van der Waals surface area contributed by atoms with Crippen molar-refractivity contribution in [2.45, 2.75) is 32.8 Å². The molecule has 2 heterocycles. The third-order valence-corrected chi connectivity index (χ3v) is 6.22. The van der Waals surface area contributed by atoms with Crippen LogP contribution in [0.25, 0.3) is 5.69 Å². The second kappa shape index (κ2) is 9.82. The molecule has 0 atom stereocenters. The molecule has 1 aromatic heterocycles. The molecule has 0 spiro atoms. The van der Waals surface area contributed by atoms with E-state index in [0.717, 1.165) is 44.5 Å². The Morgan fingerprint density at radius 2 is 1.88 bits per heavy atom. The summed E-state index contributed by atoms with van der Waals surface area (Å²) in [6.07, 6.45) is 3.11. The molecule has 3 aromatic rings. The van der Waals surface area contributed by atoms with Crippen LogP contribution in [0.5, 0.6) is 5.88 Å². The summed E-state index contributed by atoms with van der Waals surface area (Å²) in [7, 11) is 0. The Balaban J connectivity index is 1.61. The molecule has 0 radical (unpaired) electrons. The van der Waals surface area contributed by atoms with Gasteiger partial charge in [-0.2, -0.15) is 4.98 Å². The van der Waals surface area contributed by atoms with Crippen LogP contribution in [0.4, 0.5) is 8.78 Å². The molecule has 33 heavy (non-hydrogen) atoms. The van der Waals surface area contributed by atoms with Crippen LogP contribution in [0, 0.1) is 18.6 Å². The molecule has 0 unspecified atom stereocenters. The molecule has 2 aromatic carbocycles. The Labute approximate surface area is 198 Å². The molecule has 1 saturated heterocycles. The van der Waals surface area contributed by atoms with Gasteiger partial charge in [0.2, 0.25) is 5.88 Å². The quantitative estimate of drug-likeness (QED) is 0.488. The minimum Gasteiger partial charge on any atom is -0.472 e. The minimum atomic E-state index is -0.744. The Hall–Kier alpha value is -3.07. The zero-order valence-corrected chi connectivity index (χ0v) is 19.6. The average Bonchev–Trinajstić information content (AvgIpc) is 2.82. The van der Waals surface area contributed by atoms with Crippen molar-refractivity contribution >= 4 is 21.8 Å². The van der Waals surface area contributed by atoms with Crippen molar-refractivity contribution in [2.75, 3.05) is 13.1 Å². The topological polar surface area (TPSA) is 64.4 Å². The van der Waals surface area contributed by atoms with Crippen LogP contribution in [0.3, 0.4) is 0 Å². The molecule has 1 aliphatic rings. The van der Waals surface area contributed by atoms with Crippen molar-refractivity contribution in [3.8, 4) is 11.6 Å². The zero-order chi connectivity index (χ0) is 23.5. The van der Waals surface area contributed by atoms with E-state index in [1.807, 2.05) is 4.90 Å². The number of aryl methyl sites for hydroxylation is 1. The van der Waals surface area contributed by atoms with Gasteiger partial charge >= 0.3 is 0 Å². The lowest BCUT2D eigenvalue weighted by molar-refractivity contribution is 0.0724. The number of carbonyl (C=O) groups is 1. The summed E-state index contributed by atoms with van der Waals surface area (Å²) in [5, 5.41) is 0. The summed E-state index contributed by atoms with van der Waals surface area (Å²) >= 11 is 3.23. The Morgan fingerprint density at radius 1 is 1.12 bits per heavy atom. The van der Waals surface area contributed by atoms with Crippen LogP contribution in [0.2, 0.25) is 0 Å². The molecule has 0 aliphatic carbocycles. The standard InChI is InChI=1S/C24H22BrF2N3O3/c1-15-28-22(33-14-17-8-9-18(26)13-20(17)27)21(25)24(32)30(15)19-7-5-6-16(12-19)23(31)29-10-3-2-4-11-29/h5-9,12-13H,2-4,10-11,14H2,1H3. The number of likely N-dealkylation sites (tertiary alicyclic amines) is 1. The van der Waals surface area contributed by atoms with E-state index in [9.17, 15) is 18.4 Å². The van der Waals surface area contributed by atoms with Gasteiger partial charge in [0.1, 0.15) is 28.5 Å². The molecule has 1 amide bonds. The van der Waals surface area contributed by atoms with Gasteiger partial charge < -0.3 is 9.64 Å². The molecule has 0 N–H and O–H groups in total. The lowest BCUT2D eigenvalue weighted by Crippen LogP contribution is -2.35. The predicted octanol–water partition coefficient (Wildman–Crippen LogP) is 4.79. The van der Waals surface area contributed by atoms with E-state index >= 15 is 0 Å². The second-order valence-corrected chi connectivity index (χ2v) is 8.64. The van der Waals surface area contributed by atoms with Crippen molar-refractivity contribution in [1.82, 2.24) is 14.5 Å². The Morgan fingerprint density at radius 3 is 2.61 bits per heavy atom. The van der Waals surface area contributed by atoms with Gasteiger partial charge in [0.15, 0.2) is 0 Å². The fourth-order valence-corrected chi connectivity index (χ4v) is 4.21. The highest BCUT2D eigenvalue weighted by atomic mass is 79.9. The number of amides is 1. The van der Waals surface area contributed by atoms with E-state index in [1.165, 1.54) is 10.6 Å². The Kier molecular flexibility index (Phi) is 6.88. The Bertz CT molecular complexity index is 1260. The summed E-state index contributed by atoms with van der Waals surface area (Å²) in [4.78, 5) is 32.1.